The Morgan fingerprint density at radius 3 is 2.41 bits per heavy atom. The van der Waals surface area contributed by atoms with Crippen molar-refractivity contribution in [2.24, 2.45) is 0 Å². The van der Waals surface area contributed by atoms with Gasteiger partial charge in [0.2, 0.25) is 0 Å². The second kappa shape index (κ2) is 9.52. The van der Waals surface area contributed by atoms with Gasteiger partial charge in [-0.2, -0.15) is 0 Å². The lowest BCUT2D eigenvalue weighted by atomic mass is 9.98. The quantitative estimate of drug-likeness (QED) is 0.569. The van der Waals surface area contributed by atoms with Crippen LogP contribution in [-0.2, 0) is 14.3 Å². The Morgan fingerprint density at radius 1 is 1.07 bits per heavy atom. The number of esters is 1. The largest absolute Gasteiger partial charge is 0.482 e. The molecule has 0 fully saturated rings. The molecule has 0 aliphatic carbocycles. The number of hydrogen-bond acceptors (Lipinski definition) is 5. The van der Waals surface area contributed by atoms with E-state index in [1.165, 1.54) is 0 Å². The van der Waals surface area contributed by atoms with Gasteiger partial charge in [0.25, 0.3) is 5.91 Å². The summed E-state index contributed by atoms with van der Waals surface area (Å²) < 4.78 is 10.2. The van der Waals surface area contributed by atoms with Gasteiger partial charge in [-0.05, 0) is 48.2 Å². The minimum atomic E-state index is -0.654. The third kappa shape index (κ3) is 5.95. The van der Waals surface area contributed by atoms with E-state index in [1.807, 2.05) is 39.0 Å². The number of carbonyl (C=O) groups is 3. The van der Waals surface area contributed by atoms with Crippen LogP contribution in [0.2, 0.25) is 0 Å². The Bertz CT molecular complexity index is 812. The van der Waals surface area contributed by atoms with Gasteiger partial charge in [-0.15, -0.1) is 0 Å². The van der Waals surface area contributed by atoms with Gasteiger partial charge in [-0.1, -0.05) is 32.0 Å². The maximum absolute atomic E-state index is 12.1. The Morgan fingerprint density at radius 2 is 1.78 bits per heavy atom. The van der Waals surface area contributed by atoms with E-state index in [2.05, 4.69) is 5.32 Å². The molecule has 0 saturated carbocycles. The van der Waals surface area contributed by atoms with Crippen molar-refractivity contribution in [1.82, 2.24) is 0 Å². The van der Waals surface area contributed by atoms with Gasteiger partial charge in [0.05, 0.1) is 0 Å². The molecule has 27 heavy (non-hydrogen) atoms. The number of anilines is 1. The molecule has 0 bridgehead atoms. The van der Waals surface area contributed by atoms with Crippen molar-refractivity contribution in [3.05, 3.63) is 59.2 Å². The van der Waals surface area contributed by atoms with E-state index in [9.17, 15) is 14.4 Å². The van der Waals surface area contributed by atoms with Gasteiger partial charge in [0, 0.05) is 11.3 Å². The maximum atomic E-state index is 12.1. The summed E-state index contributed by atoms with van der Waals surface area (Å²) in [6.45, 7) is 5.29. The predicted octanol–water partition coefficient (Wildman–Crippen LogP) is 3.49. The van der Waals surface area contributed by atoms with Crippen molar-refractivity contribution in [2.75, 3.05) is 18.5 Å². The van der Waals surface area contributed by atoms with Gasteiger partial charge < -0.3 is 14.8 Å². The summed E-state index contributed by atoms with van der Waals surface area (Å²) in [6, 6.07) is 12.1. The van der Waals surface area contributed by atoms with Gasteiger partial charge in [0.15, 0.2) is 13.2 Å². The standard InChI is InChI=1S/C21H23NO5/c1-14(2)18-6-4-5-15(3)21(18)22-19(24)12-27-20(25)13-26-17-9-7-16(11-23)8-10-17/h4-11,14H,12-13H2,1-3H3,(H,22,24). The Kier molecular flexibility index (Phi) is 7.11. The van der Waals surface area contributed by atoms with Crippen LogP contribution in [0.5, 0.6) is 5.75 Å². The summed E-state index contributed by atoms with van der Waals surface area (Å²) in [5.74, 6) is -0.376. The molecular formula is C21H23NO5. The minimum Gasteiger partial charge on any atom is -0.482 e. The number of hydrogen-bond donors (Lipinski definition) is 1. The second-order valence-electron chi connectivity index (χ2n) is 6.38. The highest BCUT2D eigenvalue weighted by molar-refractivity contribution is 5.94. The fourth-order valence-corrected chi connectivity index (χ4v) is 2.49. The van der Waals surface area contributed by atoms with Crippen molar-refractivity contribution >= 4 is 23.9 Å². The number of aryl methyl sites for hydroxylation is 1. The molecule has 0 atom stereocenters. The van der Waals surface area contributed by atoms with Gasteiger partial charge in [-0.3, -0.25) is 9.59 Å². The van der Waals surface area contributed by atoms with E-state index in [0.29, 0.717) is 11.3 Å². The Balaban J connectivity index is 1.83. The first-order valence-electron chi connectivity index (χ1n) is 8.63. The molecule has 6 heteroatoms. The number of benzene rings is 2. The molecule has 0 aromatic heterocycles. The van der Waals surface area contributed by atoms with E-state index in [-0.39, 0.29) is 12.5 Å². The van der Waals surface area contributed by atoms with Gasteiger partial charge in [0.1, 0.15) is 12.0 Å². The second-order valence-corrected chi connectivity index (χ2v) is 6.38. The average Bonchev–Trinajstić information content (AvgIpc) is 2.66. The third-order valence-corrected chi connectivity index (χ3v) is 3.93. The molecule has 2 aromatic rings. The maximum Gasteiger partial charge on any atom is 0.344 e. The molecule has 0 heterocycles. The van der Waals surface area contributed by atoms with E-state index in [4.69, 9.17) is 9.47 Å². The smallest absolute Gasteiger partial charge is 0.344 e. The van der Waals surface area contributed by atoms with E-state index in [0.717, 1.165) is 23.1 Å². The summed E-state index contributed by atoms with van der Waals surface area (Å²) in [4.78, 5) is 34.5. The van der Waals surface area contributed by atoms with E-state index in [1.54, 1.807) is 24.3 Å². The molecule has 0 radical (unpaired) electrons. The molecule has 6 nitrogen and oxygen atoms in total. The zero-order valence-corrected chi connectivity index (χ0v) is 15.7. The predicted molar refractivity (Wildman–Crippen MR) is 102 cm³/mol. The first kappa shape index (κ1) is 20.2. The highest BCUT2D eigenvalue weighted by Gasteiger charge is 2.14. The fourth-order valence-electron chi connectivity index (χ4n) is 2.49. The molecule has 0 aliphatic rings. The number of carbonyl (C=O) groups excluding carboxylic acids is 3. The van der Waals surface area contributed by atoms with E-state index >= 15 is 0 Å². The van der Waals surface area contributed by atoms with Gasteiger partial charge >= 0.3 is 5.97 Å². The highest BCUT2D eigenvalue weighted by atomic mass is 16.6. The molecule has 1 N–H and O–H groups in total. The Labute approximate surface area is 158 Å². The number of nitrogens with one attached hydrogen (secondary N) is 1. The highest BCUT2D eigenvalue weighted by Crippen LogP contribution is 2.27. The summed E-state index contributed by atoms with van der Waals surface area (Å²) in [5.41, 5.74) is 3.23. The fraction of sp³-hybridized carbons (Fsp3) is 0.286. The lowest BCUT2D eigenvalue weighted by Gasteiger charge is -2.16. The topological polar surface area (TPSA) is 81.7 Å². The molecule has 0 spiro atoms. The molecule has 1 amide bonds. The molecule has 0 saturated heterocycles. The van der Waals surface area contributed by atoms with Crippen molar-refractivity contribution in [1.29, 1.82) is 0 Å². The monoisotopic (exact) mass is 369 g/mol. The van der Waals surface area contributed by atoms with Crippen LogP contribution in [-0.4, -0.2) is 31.4 Å². The van der Waals surface area contributed by atoms with Crippen molar-refractivity contribution in [2.45, 2.75) is 26.7 Å². The van der Waals surface area contributed by atoms with Crippen LogP contribution in [0.25, 0.3) is 0 Å². The summed E-state index contributed by atoms with van der Waals surface area (Å²) in [7, 11) is 0. The minimum absolute atomic E-state index is 0.252. The average molecular weight is 369 g/mol. The van der Waals surface area contributed by atoms with E-state index < -0.39 is 18.5 Å². The van der Waals surface area contributed by atoms with Crippen molar-refractivity contribution < 1.29 is 23.9 Å². The molecule has 2 aromatic carbocycles. The zero-order valence-electron chi connectivity index (χ0n) is 15.7. The molecule has 142 valence electrons. The lowest BCUT2D eigenvalue weighted by molar-refractivity contribution is -0.149. The van der Waals surface area contributed by atoms with Gasteiger partial charge in [-0.25, -0.2) is 4.79 Å². The number of ether oxygens (including phenoxy) is 2. The summed E-state index contributed by atoms with van der Waals surface area (Å²) in [6.07, 6.45) is 0.718. The number of aldehydes is 1. The Hall–Kier alpha value is -3.15. The third-order valence-electron chi connectivity index (χ3n) is 3.93. The number of para-hydroxylation sites is 1. The summed E-state index contributed by atoms with van der Waals surface area (Å²) in [5, 5.41) is 2.81. The first-order chi connectivity index (χ1) is 12.9. The van der Waals surface area contributed by atoms with Crippen LogP contribution in [0.15, 0.2) is 42.5 Å². The lowest BCUT2D eigenvalue weighted by Crippen LogP contribution is -2.24. The number of amides is 1. The normalized spacial score (nSPS) is 10.4. The molecule has 0 aliphatic heterocycles. The zero-order chi connectivity index (χ0) is 19.8. The number of rotatable bonds is 8. The SMILES string of the molecule is Cc1cccc(C(C)C)c1NC(=O)COC(=O)COc1ccc(C=O)cc1. The van der Waals surface area contributed by atoms with Crippen molar-refractivity contribution in [3.63, 3.8) is 0 Å². The van der Waals surface area contributed by atoms with Crippen LogP contribution in [0, 0.1) is 6.92 Å². The summed E-state index contributed by atoms with van der Waals surface area (Å²) >= 11 is 0. The van der Waals surface area contributed by atoms with Crippen molar-refractivity contribution in [3.8, 4) is 5.75 Å². The van der Waals surface area contributed by atoms with Crippen LogP contribution < -0.4 is 10.1 Å². The van der Waals surface area contributed by atoms with Crippen LogP contribution in [0.3, 0.4) is 0 Å². The first-order valence-corrected chi connectivity index (χ1v) is 8.63. The molecular weight excluding hydrogens is 346 g/mol. The van der Waals surface area contributed by atoms with Crippen LogP contribution in [0.1, 0.15) is 41.3 Å². The molecule has 2 rings (SSSR count). The van der Waals surface area contributed by atoms with Crippen LogP contribution >= 0.6 is 0 Å². The molecule has 0 unspecified atom stereocenters. The van der Waals surface area contributed by atoms with Crippen LogP contribution in [0.4, 0.5) is 5.69 Å².